The van der Waals surface area contributed by atoms with E-state index in [1.165, 1.54) is 18.2 Å². The van der Waals surface area contributed by atoms with Crippen molar-refractivity contribution in [3.63, 3.8) is 0 Å². The number of ketones is 1. The van der Waals surface area contributed by atoms with Gasteiger partial charge in [-0.2, -0.15) is 0 Å². The smallest absolute Gasteiger partial charge is 0.188 e. The first-order valence-corrected chi connectivity index (χ1v) is 4.31. The Hall–Kier alpha value is -1.51. The van der Waals surface area contributed by atoms with Crippen LogP contribution in [0.3, 0.4) is 0 Å². The van der Waals surface area contributed by atoms with Gasteiger partial charge in [0.15, 0.2) is 17.4 Å². The molecule has 74 valence electrons. The maximum absolute atomic E-state index is 13.0. The molecule has 14 heavy (non-hydrogen) atoms. The molecule has 0 atom stereocenters. The summed E-state index contributed by atoms with van der Waals surface area (Å²) in [5.74, 6) is -2.59. The van der Waals surface area contributed by atoms with E-state index in [-0.39, 0.29) is 5.56 Å². The summed E-state index contributed by atoms with van der Waals surface area (Å²) in [6.45, 7) is 1.85. The lowest BCUT2D eigenvalue weighted by atomic mass is 10.1. The first-order chi connectivity index (χ1) is 6.66. The second-order valence-corrected chi connectivity index (χ2v) is 2.78. The zero-order chi connectivity index (χ0) is 10.6. The molecule has 0 aliphatic heterocycles. The minimum absolute atomic E-state index is 0.227. The van der Waals surface area contributed by atoms with Crippen molar-refractivity contribution in [1.82, 2.24) is 0 Å². The van der Waals surface area contributed by atoms with Gasteiger partial charge in [-0.15, -0.1) is 0 Å². The van der Waals surface area contributed by atoms with Gasteiger partial charge in [-0.3, -0.25) is 4.79 Å². The van der Waals surface area contributed by atoms with Crippen molar-refractivity contribution in [3.8, 4) is 0 Å². The van der Waals surface area contributed by atoms with Gasteiger partial charge in [0.25, 0.3) is 0 Å². The third kappa shape index (κ3) is 2.25. The fourth-order valence-corrected chi connectivity index (χ4v) is 1.01. The highest BCUT2D eigenvalue weighted by atomic mass is 19.2. The molecule has 1 aromatic carbocycles. The Bertz CT molecular complexity index is 370. The number of halogens is 2. The largest absolute Gasteiger partial charge is 0.289 e. The zero-order valence-electron chi connectivity index (χ0n) is 7.76. The van der Waals surface area contributed by atoms with Gasteiger partial charge >= 0.3 is 0 Å². The summed E-state index contributed by atoms with van der Waals surface area (Å²) in [5.41, 5.74) is -0.227. The molecule has 0 aliphatic carbocycles. The monoisotopic (exact) mass is 196 g/mol. The molecule has 0 amide bonds. The van der Waals surface area contributed by atoms with E-state index in [9.17, 15) is 13.6 Å². The predicted octanol–water partition coefficient (Wildman–Crippen LogP) is 3.11. The molecule has 0 unspecified atom stereocenters. The summed E-state index contributed by atoms with van der Waals surface area (Å²) in [6.07, 6.45) is 3.53. The van der Waals surface area contributed by atoms with Crippen LogP contribution in [-0.4, -0.2) is 5.78 Å². The second-order valence-electron chi connectivity index (χ2n) is 2.78. The van der Waals surface area contributed by atoms with Gasteiger partial charge in [0, 0.05) is 0 Å². The molecule has 1 aromatic rings. The average Bonchev–Trinajstić information content (AvgIpc) is 2.18. The van der Waals surface area contributed by atoms with Crippen molar-refractivity contribution in [2.75, 3.05) is 0 Å². The van der Waals surface area contributed by atoms with Crippen molar-refractivity contribution in [3.05, 3.63) is 47.5 Å². The molecule has 0 N–H and O–H groups in total. The number of benzene rings is 1. The van der Waals surface area contributed by atoms with Gasteiger partial charge in [0.1, 0.15) is 0 Å². The summed E-state index contributed by atoms with van der Waals surface area (Å²) in [6, 6.07) is 3.56. The maximum atomic E-state index is 13.0. The van der Waals surface area contributed by atoms with Gasteiger partial charge in [0.05, 0.1) is 5.56 Å². The molecule has 0 saturated carbocycles. The minimum Gasteiger partial charge on any atom is -0.289 e. The highest BCUT2D eigenvalue weighted by molar-refractivity contribution is 6.04. The molecule has 0 spiro atoms. The Kier molecular flexibility index (Phi) is 3.51. The van der Waals surface area contributed by atoms with Crippen LogP contribution in [0.2, 0.25) is 0 Å². The molecule has 3 heteroatoms. The van der Waals surface area contributed by atoms with E-state index < -0.39 is 17.4 Å². The third-order valence-electron chi connectivity index (χ3n) is 1.72. The number of carbonyl (C=O) groups is 1. The van der Waals surface area contributed by atoms with Crippen LogP contribution in [0.15, 0.2) is 30.4 Å². The van der Waals surface area contributed by atoms with E-state index >= 15 is 0 Å². The molecular formula is C11H10F2O. The van der Waals surface area contributed by atoms with Gasteiger partial charge in [-0.05, 0) is 24.6 Å². The summed E-state index contributed by atoms with van der Waals surface area (Å²) in [4.78, 5) is 11.3. The van der Waals surface area contributed by atoms with Crippen LogP contribution < -0.4 is 0 Å². The van der Waals surface area contributed by atoms with Crippen LogP contribution >= 0.6 is 0 Å². The Morgan fingerprint density at radius 3 is 2.79 bits per heavy atom. The van der Waals surface area contributed by atoms with E-state index in [1.54, 1.807) is 6.08 Å². The van der Waals surface area contributed by atoms with Crippen molar-refractivity contribution >= 4 is 5.78 Å². The second kappa shape index (κ2) is 4.65. The molecule has 0 aliphatic rings. The lowest BCUT2D eigenvalue weighted by Crippen LogP contribution is -2.00. The highest BCUT2D eigenvalue weighted by Crippen LogP contribution is 2.12. The highest BCUT2D eigenvalue weighted by Gasteiger charge is 2.11. The van der Waals surface area contributed by atoms with E-state index in [0.29, 0.717) is 6.42 Å². The molecule has 0 radical (unpaired) electrons. The Morgan fingerprint density at radius 2 is 2.14 bits per heavy atom. The topological polar surface area (TPSA) is 17.1 Å². The summed E-state index contributed by atoms with van der Waals surface area (Å²) >= 11 is 0. The Balaban J connectivity index is 3.01. The van der Waals surface area contributed by atoms with Crippen molar-refractivity contribution < 1.29 is 13.6 Å². The number of hydrogen-bond acceptors (Lipinski definition) is 1. The van der Waals surface area contributed by atoms with E-state index in [2.05, 4.69) is 0 Å². The lowest BCUT2D eigenvalue weighted by Gasteiger charge is -1.98. The molecule has 0 aromatic heterocycles. The van der Waals surface area contributed by atoms with Crippen LogP contribution in [0.5, 0.6) is 0 Å². The van der Waals surface area contributed by atoms with Gasteiger partial charge < -0.3 is 0 Å². The van der Waals surface area contributed by atoms with Gasteiger partial charge in [-0.25, -0.2) is 8.78 Å². The predicted molar refractivity (Wildman–Crippen MR) is 50.1 cm³/mol. The fourth-order valence-electron chi connectivity index (χ4n) is 1.01. The maximum Gasteiger partial charge on any atom is 0.188 e. The molecule has 0 saturated heterocycles. The number of rotatable bonds is 3. The molecule has 0 bridgehead atoms. The van der Waals surface area contributed by atoms with Crippen LogP contribution in [0.1, 0.15) is 23.7 Å². The summed E-state index contributed by atoms with van der Waals surface area (Å²) < 4.78 is 25.8. The minimum atomic E-state index is -1.08. The number of hydrogen-bond donors (Lipinski definition) is 0. The molecule has 0 fully saturated rings. The number of carbonyl (C=O) groups excluding carboxylic acids is 1. The molecule has 0 heterocycles. The van der Waals surface area contributed by atoms with Crippen LogP contribution in [-0.2, 0) is 0 Å². The average molecular weight is 196 g/mol. The van der Waals surface area contributed by atoms with E-state index in [1.807, 2.05) is 6.92 Å². The molecular weight excluding hydrogens is 186 g/mol. The Morgan fingerprint density at radius 1 is 1.43 bits per heavy atom. The van der Waals surface area contributed by atoms with Crippen LogP contribution in [0.25, 0.3) is 0 Å². The molecule has 1 rings (SSSR count). The number of allylic oxidation sites excluding steroid dienone is 2. The molecule has 1 nitrogen and oxygen atoms in total. The fraction of sp³-hybridized carbons (Fsp3) is 0.182. The van der Waals surface area contributed by atoms with Crippen LogP contribution in [0.4, 0.5) is 8.78 Å². The SMILES string of the molecule is CC/C=C/C(=O)c1cccc(F)c1F. The van der Waals surface area contributed by atoms with Crippen LogP contribution in [0, 0.1) is 11.6 Å². The van der Waals surface area contributed by atoms with Gasteiger partial charge in [0.2, 0.25) is 0 Å². The van der Waals surface area contributed by atoms with Gasteiger partial charge in [-0.1, -0.05) is 19.1 Å². The Labute approximate surface area is 81.1 Å². The summed E-state index contributed by atoms with van der Waals surface area (Å²) in [7, 11) is 0. The summed E-state index contributed by atoms with van der Waals surface area (Å²) in [5, 5.41) is 0. The standard InChI is InChI=1S/C11H10F2O/c1-2-3-7-10(14)8-5-4-6-9(12)11(8)13/h3-7H,2H2,1H3/b7-3+. The van der Waals surface area contributed by atoms with Crippen molar-refractivity contribution in [2.24, 2.45) is 0 Å². The quantitative estimate of drug-likeness (QED) is 0.536. The van der Waals surface area contributed by atoms with E-state index in [0.717, 1.165) is 6.07 Å². The van der Waals surface area contributed by atoms with E-state index in [4.69, 9.17) is 0 Å². The lowest BCUT2D eigenvalue weighted by molar-refractivity contribution is 0.104. The first-order valence-electron chi connectivity index (χ1n) is 4.31. The van der Waals surface area contributed by atoms with Crippen molar-refractivity contribution in [1.29, 1.82) is 0 Å². The third-order valence-corrected chi connectivity index (χ3v) is 1.72. The zero-order valence-corrected chi connectivity index (χ0v) is 7.76. The van der Waals surface area contributed by atoms with Crippen molar-refractivity contribution in [2.45, 2.75) is 13.3 Å². The normalized spacial score (nSPS) is 10.8. The first kappa shape index (κ1) is 10.6.